The molecule has 4 aromatic carbocycles. The standard InChI is InChI=1S/C33H26N4O/c38-33(27-21-34-29-17-9-7-15-25(29)31(27)36-19-23-11-3-1-4-12-23)28-22-35-30-18-10-8-16-26(30)32(28)37-20-24-13-5-2-6-14-24/h1-18,21-22H,19-20H2,(H,34,36)(H,35,37). The fourth-order valence-electron chi connectivity index (χ4n) is 4.73. The quantitative estimate of drug-likeness (QED) is 0.218. The highest BCUT2D eigenvalue weighted by Gasteiger charge is 2.22. The number of carbonyl (C=O) groups is 1. The lowest BCUT2D eigenvalue weighted by atomic mass is 9.98. The van der Waals surface area contributed by atoms with E-state index in [1.165, 1.54) is 0 Å². The summed E-state index contributed by atoms with van der Waals surface area (Å²) < 4.78 is 0. The van der Waals surface area contributed by atoms with Gasteiger partial charge in [0.25, 0.3) is 0 Å². The third kappa shape index (κ3) is 4.70. The van der Waals surface area contributed by atoms with E-state index in [1.807, 2.05) is 84.9 Å². The fourth-order valence-corrected chi connectivity index (χ4v) is 4.73. The first-order valence-electron chi connectivity index (χ1n) is 12.6. The van der Waals surface area contributed by atoms with E-state index in [1.54, 1.807) is 12.4 Å². The number of nitrogens with zero attached hydrogens (tertiary/aromatic N) is 2. The molecule has 0 aliphatic rings. The third-order valence-corrected chi connectivity index (χ3v) is 6.66. The van der Waals surface area contributed by atoms with Crippen LogP contribution in [-0.4, -0.2) is 15.8 Å². The summed E-state index contributed by atoms with van der Waals surface area (Å²) in [7, 11) is 0. The lowest BCUT2D eigenvalue weighted by molar-refractivity contribution is 0.104. The van der Waals surface area contributed by atoms with Crippen LogP contribution >= 0.6 is 0 Å². The molecular formula is C33H26N4O. The van der Waals surface area contributed by atoms with Crippen LogP contribution < -0.4 is 10.6 Å². The average Bonchev–Trinajstić information content (AvgIpc) is 2.99. The van der Waals surface area contributed by atoms with E-state index in [9.17, 15) is 4.79 Å². The van der Waals surface area contributed by atoms with Crippen LogP contribution in [0.1, 0.15) is 27.0 Å². The minimum absolute atomic E-state index is 0.132. The summed E-state index contributed by atoms with van der Waals surface area (Å²) >= 11 is 0. The van der Waals surface area contributed by atoms with Crippen molar-refractivity contribution in [3.05, 3.63) is 144 Å². The number of aromatic nitrogens is 2. The number of fused-ring (bicyclic) bond motifs is 2. The van der Waals surface area contributed by atoms with Gasteiger partial charge in [-0.15, -0.1) is 0 Å². The Balaban J connectivity index is 1.44. The average molecular weight is 495 g/mol. The van der Waals surface area contributed by atoms with Gasteiger partial charge in [0.05, 0.1) is 33.5 Å². The Hall–Kier alpha value is -5.03. The fraction of sp³-hybridized carbons (Fsp3) is 0.0606. The number of carbonyl (C=O) groups excluding carboxylic acids is 1. The normalized spacial score (nSPS) is 10.9. The Kier molecular flexibility index (Phi) is 6.48. The molecule has 5 nitrogen and oxygen atoms in total. The molecule has 0 bridgehead atoms. The molecule has 6 rings (SSSR count). The lowest BCUT2D eigenvalue weighted by Crippen LogP contribution is -2.13. The maximum Gasteiger partial charge on any atom is 0.200 e. The monoisotopic (exact) mass is 494 g/mol. The number of hydrogen-bond donors (Lipinski definition) is 2. The van der Waals surface area contributed by atoms with Gasteiger partial charge in [-0.25, -0.2) is 0 Å². The van der Waals surface area contributed by atoms with Crippen molar-refractivity contribution in [3.63, 3.8) is 0 Å². The topological polar surface area (TPSA) is 66.9 Å². The van der Waals surface area contributed by atoms with Crippen molar-refractivity contribution in [2.75, 3.05) is 10.6 Å². The molecule has 184 valence electrons. The van der Waals surface area contributed by atoms with Gasteiger partial charge in [0.15, 0.2) is 5.78 Å². The van der Waals surface area contributed by atoms with Crippen molar-refractivity contribution >= 4 is 39.0 Å². The van der Waals surface area contributed by atoms with Crippen LogP contribution in [0.2, 0.25) is 0 Å². The predicted molar refractivity (Wildman–Crippen MR) is 154 cm³/mol. The number of para-hydroxylation sites is 2. The van der Waals surface area contributed by atoms with Crippen LogP contribution in [0.4, 0.5) is 11.4 Å². The van der Waals surface area contributed by atoms with Gasteiger partial charge in [0, 0.05) is 36.3 Å². The van der Waals surface area contributed by atoms with E-state index >= 15 is 0 Å². The molecule has 5 heteroatoms. The second-order valence-corrected chi connectivity index (χ2v) is 9.14. The first-order chi connectivity index (χ1) is 18.8. The van der Waals surface area contributed by atoms with E-state index in [0.717, 1.165) is 44.3 Å². The van der Waals surface area contributed by atoms with Crippen molar-refractivity contribution in [1.82, 2.24) is 9.97 Å². The molecule has 2 heterocycles. The highest BCUT2D eigenvalue weighted by Crippen LogP contribution is 2.33. The lowest BCUT2D eigenvalue weighted by Gasteiger charge is -2.17. The molecule has 0 saturated carbocycles. The van der Waals surface area contributed by atoms with Gasteiger partial charge >= 0.3 is 0 Å². The molecule has 0 saturated heterocycles. The highest BCUT2D eigenvalue weighted by molar-refractivity contribution is 6.20. The first-order valence-corrected chi connectivity index (χ1v) is 12.6. The predicted octanol–water partition coefficient (Wildman–Crippen LogP) is 7.24. The molecule has 0 aliphatic heterocycles. The Morgan fingerprint density at radius 3 is 1.37 bits per heavy atom. The Morgan fingerprint density at radius 2 is 0.921 bits per heavy atom. The van der Waals surface area contributed by atoms with Crippen molar-refractivity contribution < 1.29 is 4.79 Å². The highest BCUT2D eigenvalue weighted by atomic mass is 16.1. The summed E-state index contributed by atoms with van der Waals surface area (Å²) in [5.74, 6) is -0.132. The van der Waals surface area contributed by atoms with Gasteiger partial charge in [-0.05, 0) is 23.3 Å². The molecule has 0 radical (unpaired) electrons. The second kappa shape index (κ2) is 10.5. The second-order valence-electron chi connectivity index (χ2n) is 9.14. The van der Waals surface area contributed by atoms with Crippen molar-refractivity contribution in [1.29, 1.82) is 0 Å². The molecule has 2 N–H and O–H groups in total. The number of benzene rings is 4. The first kappa shape index (κ1) is 23.4. The summed E-state index contributed by atoms with van der Waals surface area (Å²) in [5.41, 5.74) is 6.49. The maximum atomic E-state index is 14.2. The van der Waals surface area contributed by atoms with E-state index in [-0.39, 0.29) is 5.78 Å². The van der Waals surface area contributed by atoms with Gasteiger partial charge < -0.3 is 10.6 Å². The molecular weight excluding hydrogens is 468 g/mol. The van der Waals surface area contributed by atoms with Crippen LogP contribution in [0.15, 0.2) is 122 Å². The van der Waals surface area contributed by atoms with Gasteiger partial charge in [-0.2, -0.15) is 0 Å². The van der Waals surface area contributed by atoms with Crippen LogP contribution in [0.5, 0.6) is 0 Å². The van der Waals surface area contributed by atoms with E-state index in [4.69, 9.17) is 0 Å². The molecule has 6 aromatic rings. The number of pyridine rings is 2. The number of nitrogens with one attached hydrogen (secondary N) is 2. The zero-order valence-electron chi connectivity index (χ0n) is 20.8. The molecule has 38 heavy (non-hydrogen) atoms. The number of ketones is 1. The van der Waals surface area contributed by atoms with Gasteiger partial charge in [0.1, 0.15) is 0 Å². The Morgan fingerprint density at radius 1 is 0.526 bits per heavy atom. The molecule has 0 spiro atoms. The van der Waals surface area contributed by atoms with E-state index in [2.05, 4.69) is 44.9 Å². The molecule has 0 aliphatic carbocycles. The zero-order valence-corrected chi connectivity index (χ0v) is 20.8. The summed E-state index contributed by atoms with van der Waals surface area (Å²) in [6.45, 7) is 1.18. The summed E-state index contributed by atoms with van der Waals surface area (Å²) in [5, 5.41) is 8.88. The van der Waals surface area contributed by atoms with Crippen LogP contribution in [0, 0.1) is 0 Å². The molecule has 2 aromatic heterocycles. The SMILES string of the molecule is O=C(c1cnc2ccccc2c1NCc1ccccc1)c1cnc2ccccc2c1NCc1ccccc1. The summed E-state index contributed by atoms with van der Waals surface area (Å²) in [4.78, 5) is 23.5. The van der Waals surface area contributed by atoms with Gasteiger partial charge in [-0.1, -0.05) is 97.1 Å². The van der Waals surface area contributed by atoms with Crippen molar-refractivity contribution in [3.8, 4) is 0 Å². The Labute approximate surface area is 221 Å². The smallest absolute Gasteiger partial charge is 0.200 e. The van der Waals surface area contributed by atoms with Crippen LogP contribution in [0.25, 0.3) is 21.8 Å². The molecule has 0 fully saturated rings. The summed E-state index contributed by atoms with van der Waals surface area (Å²) in [6.07, 6.45) is 3.35. The van der Waals surface area contributed by atoms with Gasteiger partial charge in [-0.3, -0.25) is 14.8 Å². The maximum absolute atomic E-state index is 14.2. The number of anilines is 2. The zero-order chi connectivity index (χ0) is 25.7. The van der Waals surface area contributed by atoms with Crippen molar-refractivity contribution in [2.45, 2.75) is 13.1 Å². The van der Waals surface area contributed by atoms with Crippen LogP contribution in [0.3, 0.4) is 0 Å². The van der Waals surface area contributed by atoms with Crippen molar-refractivity contribution in [2.24, 2.45) is 0 Å². The van der Waals surface area contributed by atoms with Gasteiger partial charge in [0.2, 0.25) is 0 Å². The third-order valence-electron chi connectivity index (χ3n) is 6.66. The van der Waals surface area contributed by atoms with Crippen LogP contribution in [-0.2, 0) is 13.1 Å². The van der Waals surface area contributed by atoms with E-state index in [0.29, 0.717) is 24.2 Å². The minimum atomic E-state index is -0.132. The van der Waals surface area contributed by atoms with E-state index < -0.39 is 0 Å². The molecule has 0 amide bonds. The summed E-state index contributed by atoms with van der Waals surface area (Å²) in [6, 6.07) is 36.1. The number of hydrogen-bond acceptors (Lipinski definition) is 5. The molecule has 0 atom stereocenters. The minimum Gasteiger partial charge on any atom is -0.380 e. The molecule has 0 unspecified atom stereocenters. The Bertz CT molecular complexity index is 1600. The number of rotatable bonds is 8. The largest absolute Gasteiger partial charge is 0.380 e.